The van der Waals surface area contributed by atoms with E-state index in [2.05, 4.69) is 39.6 Å². The minimum Gasteiger partial charge on any atom is -0.370 e. The zero-order chi connectivity index (χ0) is 19.3. The summed E-state index contributed by atoms with van der Waals surface area (Å²) in [5, 5.41) is 6.05. The predicted molar refractivity (Wildman–Crippen MR) is 115 cm³/mol. The number of hydrogen-bond donors (Lipinski definition) is 3. The lowest BCUT2D eigenvalue weighted by Crippen LogP contribution is -2.30. The van der Waals surface area contributed by atoms with Gasteiger partial charge in [-0.3, -0.25) is 0 Å². The van der Waals surface area contributed by atoms with Crippen molar-refractivity contribution in [3.63, 3.8) is 0 Å². The summed E-state index contributed by atoms with van der Waals surface area (Å²) in [5.74, 6) is 1.66. The first-order chi connectivity index (χ1) is 13.7. The van der Waals surface area contributed by atoms with E-state index in [1.54, 1.807) is 0 Å². The average molecular weight is 384 g/mol. The number of aromatic amines is 1. The minimum absolute atomic E-state index is 0.125. The van der Waals surface area contributed by atoms with Crippen LogP contribution in [0.15, 0.2) is 12.1 Å². The van der Waals surface area contributed by atoms with E-state index in [9.17, 15) is 4.79 Å². The van der Waals surface area contributed by atoms with E-state index >= 15 is 0 Å². The summed E-state index contributed by atoms with van der Waals surface area (Å²) in [5.41, 5.74) is 4.01. The van der Waals surface area contributed by atoms with E-state index in [1.807, 2.05) is 0 Å². The maximum Gasteiger partial charge on any atom is 0.319 e. The quantitative estimate of drug-likeness (QED) is 0.605. The highest BCUT2D eigenvalue weighted by Crippen LogP contribution is 2.36. The molecule has 6 nitrogen and oxygen atoms in total. The van der Waals surface area contributed by atoms with Crippen LogP contribution >= 0.6 is 0 Å². The molecule has 2 aliphatic rings. The molecule has 1 saturated heterocycles. The second-order valence-corrected chi connectivity index (χ2v) is 8.27. The van der Waals surface area contributed by atoms with Gasteiger partial charge in [0, 0.05) is 25.6 Å². The van der Waals surface area contributed by atoms with E-state index < -0.39 is 0 Å². The summed E-state index contributed by atoms with van der Waals surface area (Å²) in [6.07, 6.45) is 10.9. The van der Waals surface area contributed by atoms with Gasteiger partial charge in [0.1, 0.15) is 5.82 Å². The molecule has 0 atom stereocenters. The van der Waals surface area contributed by atoms with Gasteiger partial charge < -0.3 is 20.5 Å². The molecule has 6 heteroatoms. The van der Waals surface area contributed by atoms with E-state index in [0.29, 0.717) is 12.5 Å². The van der Waals surface area contributed by atoms with Crippen LogP contribution in [0.25, 0.3) is 11.0 Å². The van der Waals surface area contributed by atoms with Crippen LogP contribution in [-0.4, -0.2) is 35.6 Å². The Hall–Kier alpha value is -2.24. The summed E-state index contributed by atoms with van der Waals surface area (Å²) in [7, 11) is 0. The highest BCUT2D eigenvalue weighted by atomic mass is 16.2. The lowest BCUT2D eigenvalue weighted by atomic mass is 9.89. The Kier molecular flexibility index (Phi) is 6.03. The van der Waals surface area contributed by atoms with Crippen molar-refractivity contribution < 1.29 is 4.79 Å². The van der Waals surface area contributed by atoms with Crippen molar-refractivity contribution in [2.75, 3.05) is 29.9 Å². The maximum absolute atomic E-state index is 12.4. The van der Waals surface area contributed by atoms with Crippen LogP contribution in [0, 0.1) is 0 Å². The normalized spacial score (nSPS) is 18.0. The molecular formula is C22H33N5O. The SMILES string of the molecule is CCCCNC(=O)Nc1cc2[nH]c(C3CCCCC3)nc2cc1N1CCCC1. The molecule has 0 unspecified atom stereocenters. The molecule has 28 heavy (non-hydrogen) atoms. The van der Waals surface area contributed by atoms with Crippen molar-refractivity contribution in [3.8, 4) is 0 Å². The Bertz CT molecular complexity index is 803. The molecule has 1 saturated carbocycles. The number of urea groups is 1. The number of H-pyrrole nitrogens is 1. The van der Waals surface area contributed by atoms with Gasteiger partial charge in [-0.1, -0.05) is 32.6 Å². The minimum atomic E-state index is -0.125. The molecule has 0 radical (unpaired) electrons. The van der Waals surface area contributed by atoms with Gasteiger partial charge in [-0.25, -0.2) is 9.78 Å². The predicted octanol–water partition coefficient (Wildman–Crippen LogP) is 5.13. The van der Waals surface area contributed by atoms with Gasteiger partial charge in [-0.05, 0) is 44.2 Å². The number of aromatic nitrogens is 2. The molecule has 3 N–H and O–H groups in total. The molecule has 152 valence electrons. The Morgan fingerprint density at radius 3 is 2.71 bits per heavy atom. The summed E-state index contributed by atoms with van der Waals surface area (Å²) in [6.45, 7) is 4.91. The van der Waals surface area contributed by atoms with Gasteiger partial charge in [0.15, 0.2) is 0 Å². The molecule has 0 bridgehead atoms. The van der Waals surface area contributed by atoms with Gasteiger partial charge in [-0.15, -0.1) is 0 Å². The van der Waals surface area contributed by atoms with Gasteiger partial charge in [0.25, 0.3) is 0 Å². The number of anilines is 2. The number of imidazole rings is 1. The number of hydrogen-bond acceptors (Lipinski definition) is 3. The van der Waals surface area contributed by atoms with Gasteiger partial charge in [0.2, 0.25) is 0 Å². The van der Waals surface area contributed by atoms with E-state index in [4.69, 9.17) is 4.98 Å². The van der Waals surface area contributed by atoms with Crippen LogP contribution < -0.4 is 15.5 Å². The third-order valence-electron chi connectivity index (χ3n) is 6.12. The number of unbranched alkanes of at least 4 members (excludes halogenated alkanes) is 1. The van der Waals surface area contributed by atoms with Crippen LogP contribution in [0.1, 0.15) is 76.5 Å². The molecule has 1 aromatic heterocycles. The average Bonchev–Trinajstić information content (AvgIpc) is 3.38. The number of rotatable bonds is 6. The van der Waals surface area contributed by atoms with Crippen LogP contribution in [0.2, 0.25) is 0 Å². The van der Waals surface area contributed by atoms with Crippen molar-refractivity contribution in [1.29, 1.82) is 0 Å². The largest absolute Gasteiger partial charge is 0.370 e. The van der Waals surface area contributed by atoms with Crippen molar-refractivity contribution >= 4 is 28.4 Å². The van der Waals surface area contributed by atoms with E-state index in [-0.39, 0.29) is 6.03 Å². The molecule has 1 aliphatic carbocycles. The Morgan fingerprint density at radius 2 is 1.96 bits per heavy atom. The fourth-order valence-electron chi connectivity index (χ4n) is 4.50. The topological polar surface area (TPSA) is 73.0 Å². The van der Waals surface area contributed by atoms with Gasteiger partial charge in [0.05, 0.1) is 22.4 Å². The lowest BCUT2D eigenvalue weighted by Gasteiger charge is -2.21. The highest BCUT2D eigenvalue weighted by molar-refractivity contribution is 5.97. The van der Waals surface area contributed by atoms with Gasteiger partial charge >= 0.3 is 6.03 Å². The van der Waals surface area contributed by atoms with Crippen LogP contribution in [0.3, 0.4) is 0 Å². The molecule has 2 fully saturated rings. The second-order valence-electron chi connectivity index (χ2n) is 8.27. The molecular weight excluding hydrogens is 350 g/mol. The first kappa shape index (κ1) is 19.1. The van der Waals surface area contributed by atoms with E-state index in [1.165, 1.54) is 44.9 Å². The summed E-state index contributed by atoms with van der Waals surface area (Å²) < 4.78 is 0. The molecule has 2 aromatic rings. The lowest BCUT2D eigenvalue weighted by molar-refractivity contribution is 0.252. The van der Waals surface area contributed by atoms with Crippen molar-refractivity contribution in [1.82, 2.24) is 15.3 Å². The van der Waals surface area contributed by atoms with Gasteiger partial charge in [-0.2, -0.15) is 0 Å². The number of nitrogens with one attached hydrogen (secondary N) is 3. The second kappa shape index (κ2) is 8.84. The number of amides is 2. The third kappa shape index (κ3) is 4.26. The summed E-state index contributed by atoms with van der Waals surface area (Å²) >= 11 is 0. The monoisotopic (exact) mass is 383 g/mol. The molecule has 0 spiro atoms. The number of carbonyl (C=O) groups excluding carboxylic acids is 1. The fraction of sp³-hybridized carbons (Fsp3) is 0.636. The molecule has 2 amide bonds. The van der Waals surface area contributed by atoms with Crippen molar-refractivity contribution in [2.24, 2.45) is 0 Å². The standard InChI is InChI=1S/C22H33N5O/c1-2-3-11-23-22(28)26-19-14-17-18(15-20(19)27-12-7-8-13-27)25-21(24-17)16-9-5-4-6-10-16/h14-16H,2-13H2,1H3,(H,24,25)(H2,23,26,28). The smallest absolute Gasteiger partial charge is 0.319 e. The Morgan fingerprint density at radius 1 is 1.18 bits per heavy atom. The molecule has 1 aliphatic heterocycles. The highest BCUT2D eigenvalue weighted by Gasteiger charge is 2.22. The van der Waals surface area contributed by atoms with Crippen molar-refractivity contribution in [2.45, 2.75) is 70.6 Å². The van der Waals surface area contributed by atoms with Crippen LogP contribution in [0.5, 0.6) is 0 Å². The maximum atomic E-state index is 12.4. The van der Waals surface area contributed by atoms with Crippen LogP contribution in [0.4, 0.5) is 16.2 Å². The van der Waals surface area contributed by atoms with Crippen LogP contribution in [-0.2, 0) is 0 Å². The number of fused-ring (bicyclic) bond motifs is 1. The molecule has 1 aromatic carbocycles. The first-order valence-electron chi connectivity index (χ1n) is 11.1. The van der Waals surface area contributed by atoms with Crippen molar-refractivity contribution in [3.05, 3.63) is 18.0 Å². The number of benzene rings is 1. The zero-order valence-corrected chi connectivity index (χ0v) is 17.0. The molecule has 4 rings (SSSR count). The summed E-state index contributed by atoms with van der Waals surface area (Å²) in [4.78, 5) is 23.2. The molecule has 2 heterocycles. The first-order valence-corrected chi connectivity index (χ1v) is 11.1. The number of nitrogens with zero attached hydrogens (tertiary/aromatic N) is 2. The Balaban J connectivity index is 1.61. The van der Waals surface area contributed by atoms with E-state index in [0.717, 1.165) is 54.2 Å². The Labute approximate surface area is 167 Å². The summed E-state index contributed by atoms with van der Waals surface area (Å²) in [6, 6.07) is 4.10. The number of carbonyl (C=O) groups is 1. The fourth-order valence-corrected chi connectivity index (χ4v) is 4.50. The zero-order valence-electron chi connectivity index (χ0n) is 17.0. The third-order valence-corrected chi connectivity index (χ3v) is 6.12.